The van der Waals surface area contributed by atoms with Crippen LogP contribution in [0.3, 0.4) is 0 Å². The molecule has 0 fully saturated rings. The van der Waals surface area contributed by atoms with Crippen molar-refractivity contribution in [3.8, 4) is 5.75 Å². The van der Waals surface area contributed by atoms with E-state index in [0.717, 1.165) is 23.5 Å². The van der Waals surface area contributed by atoms with Crippen molar-refractivity contribution in [1.82, 2.24) is 10.3 Å². The lowest BCUT2D eigenvalue weighted by Crippen LogP contribution is -2.21. The first-order chi connectivity index (χ1) is 9.94. The molecule has 0 spiro atoms. The van der Waals surface area contributed by atoms with Crippen LogP contribution in [0.2, 0.25) is 0 Å². The van der Waals surface area contributed by atoms with Crippen LogP contribution in [0.5, 0.6) is 5.75 Å². The number of benzene rings is 1. The lowest BCUT2D eigenvalue weighted by molar-refractivity contribution is -0.274. The monoisotopic (exact) mass is 316 g/mol. The number of nitrogens with one attached hydrogen (secondary N) is 1. The van der Waals surface area contributed by atoms with Crippen LogP contribution < -0.4 is 10.1 Å². The van der Waals surface area contributed by atoms with Crippen molar-refractivity contribution in [1.29, 1.82) is 0 Å². The maximum Gasteiger partial charge on any atom is 0.573 e. The zero-order valence-electron chi connectivity index (χ0n) is 11.4. The summed E-state index contributed by atoms with van der Waals surface area (Å²) in [6.45, 7) is 2.72. The number of hydrogen-bond acceptors (Lipinski definition) is 4. The van der Waals surface area contributed by atoms with Gasteiger partial charge in [-0.3, -0.25) is 0 Å². The van der Waals surface area contributed by atoms with Crippen LogP contribution in [0.1, 0.15) is 23.5 Å². The normalized spacial score (nSPS) is 13.1. The van der Waals surface area contributed by atoms with E-state index in [-0.39, 0.29) is 11.8 Å². The Kier molecular flexibility index (Phi) is 5.19. The Morgan fingerprint density at radius 3 is 2.57 bits per heavy atom. The summed E-state index contributed by atoms with van der Waals surface area (Å²) in [5.41, 5.74) is 0.906. The summed E-state index contributed by atoms with van der Waals surface area (Å²) < 4.78 is 40.0. The minimum Gasteiger partial charge on any atom is -0.406 e. The molecule has 114 valence electrons. The summed E-state index contributed by atoms with van der Waals surface area (Å²) in [5, 5.41) is 6.30. The molecule has 0 aliphatic carbocycles. The topological polar surface area (TPSA) is 34.2 Å². The number of hydrogen-bond donors (Lipinski definition) is 1. The summed E-state index contributed by atoms with van der Waals surface area (Å²) in [4.78, 5) is 4.19. The summed E-state index contributed by atoms with van der Waals surface area (Å²) >= 11 is 1.60. The van der Waals surface area contributed by atoms with Crippen LogP contribution in [0, 0.1) is 0 Å². The smallest absolute Gasteiger partial charge is 0.406 e. The fraction of sp³-hybridized carbons (Fsp3) is 0.357. The summed E-state index contributed by atoms with van der Waals surface area (Å²) in [5.74, 6) is -0.207. The second-order valence-corrected chi connectivity index (χ2v) is 5.45. The van der Waals surface area contributed by atoms with Crippen LogP contribution in [-0.2, 0) is 6.42 Å². The van der Waals surface area contributed by atoms with E-state index in [1.54, 1.807) is 29.7 Å². The Balaban J connectivity index is 1.83. The molecular formula is C14H15F3N2OS. The standard InChI is InChI=1S/C14H15F3N2OS/c1-10(18-7-6-13-19-8-9-21-13)11-2-4-12(5-3-11)20-14(15,16)17/h2-5,8-10,18H,6-7H2,1H3. The van der Waals surface area contributed by atoms with Gasteiger partial charge >= 0.3 is 6.36 Å². The number of alkyl halides is 3. The molecule has 1 aromatic carbocycles. The number of rotatable bonds is 6. The van der Waals surface area contributed by atoms with E-state index in [1.165, 1.54) is 12.1 Å². The number of ether oxygens (including phenoxy) is 1. The molecule has 3 nitrogen and oxygen atoms in total. The molecule has 0 bridgehead atoms. The van der Waals surface area contributed by atoms with Gasteiger partial charge in [-0.25, -0.2) is 4.98 Å². The highest BCUT2D eigenvalue weighted by Gasteiger charge is 2.30. The van der Waals surface area contributed by atoms with E-state index < -0.39 is 6.36 Å². The van der Waals surface area contributed by atoms with Gasteiger partial charge in [0.05, 0.1) is 5.01 Å². The minimum atomic E-state index is -4.65. The van der Waals surface area contributed by atoms with Gasteiger partial charge in [0.25, 0.3) is 0 Å². The largest absolute Gasteiger partial charge is 0.573 e. The molecule has 2 rings (SSSR count). The maximum absolute atomic E-state index is 12.1. The van der Waals surface area contributed by atoms with Gasteiger partial charge in [-0.15, -0.1) is 24.5 Å². The van der Waals surface area contributed by atoms with Gasteiger partial charge in [0.15, 0.2) is 0 Å². The van der Waals surface area contributed by atoms with Crippen molar-refractivity contribution < 1.29 is 17.9 Å². The van der Waals surface area contributed by atoms with Crippen LogP contribution in [-0.4, -0.2) is 17.9 Å². The molecule has 0 saturated heterocycles. The second-order valence-electron chi connectivity index (χ2n) is 4.47. The highest BCUT2D eigenvalue weighted by Crippen LogP contribution is 2.24. The predicted octanol–water partition coefficient (Wildman–Crippen LogP) is 3.94. The van der Waals surface area contributed by atoms with Gasteiger partial charge < -0.3 is 10.1 Å². The van der Waals surface area contributed by atoms with Gasteiger partial charge in [0.1, 0.15) is 5.75 Å². The second kappa shape index (κ2) is 6.91. The van der Waals surface area contributed by atoms with Gasteiger partial charge in [-0.1, -0.05) is 12.1 Å². The molecule has 1 unspecified atom stereocenters. The van der Waals surface area contributed by atoms with E-state index in [1.807, 2.05) is 12.3 Å². The van der Waals surface area contributed by atoms with E-state index in [9.17, 15) is 13.2 Å². The van der Waals surface area contributed by atoms with Gasteiger partial charge in [-0.05, 0) is 24.6 Å². The molecule has 0 amide bonds. The molecule has 2 aromatic rings. The van der Waals surface area contributed by atoms with Gasteiger partial charge in [-0.2, -0.15) is 0 Å². The molecule has 0 aliphatic rings. The Hall–Kier alpha value is -1.60. The molecule has 21 heavy (non-hydrogen) atoms. The third kappa shape index (κ3) is 5.35. The zero-order chi connectivity index (χ0) is 15.3. The first-order valence-electron chi connectivity index (χ1n) is 6.41. The van der Waals surface area contributed by atoms with Crippen molar-refractivity contribution in [2.45, 2.75) is 25.7 Å². The lowest BCUT2D eigenvalue weighted by atomic mass is 10.1. The molecule has 0 saturated carbocycles. The van der Waals surface area contributed by atoms with Crippen molar-refractivity contribution in [2.75, 3.05) is 6.54 Å². The molecule has 0 aliphatic heterocycles. The number of aromatic nitrogens is 1. The van der Waals surface area contributed by atoms with E-state index in [2.05, 4.69) is 15.0 Å². The van der Waals surface area contributed by atoms with Crippen LogP contribution in [0.4, 0.5) is 13.2 Å². The van der Waals surface area contributed by atoms with Gasteiger partial charge in [0, 0.05) is 30.6 Å². The minimum absolute atomic E-state index is 0.0462. The van der Waals surface area contributed by atoms with Crippen LogP contribution in [0.15, 0.2) is 35.8 Å². The Labute approximate surface area is 124 Å². The van der Waals surface area contributed by atoms with Crippen LogP contribution in [0.25, 0.3) is 0 Å². The maximum atomic E-state index is 12.1. The molecule has 7 heteroatoms. The fourth-order valence-electron chi connectivity index (χ4n) is 1.85. The summed E-state index contributed by atoms with van der Waals surface area (Å²) in [7, 11) is 0. The molecule has 0 radical (unpaired) electrons. The first kappa shape index (κ1) is 15.8. The van der Waals surface area contributed by atoms with E-state index in [0.29, 0.717) is 0 Å². The van der Waals surface area contributed by atoms with Crippen molar-refractivity contribution in [3.63, 3.8) is 0 Å². The van der Waals surface area contributed by atoms with Crippen molar-refractivity contribution in [3.05, 3.63) is 46.4 Å². The average molecular weight is 316 g/mol. The zero-order valence-corrected chi connectivity index (χ0v) is 12.2. The molecule has 1 aromatic heterocycles. The molecule has 1 N–H and O–H groups in total. The number of halogens is 3. The Bertz CT molecular complexity index is 540. The fourth-order valence-corrected chi connectivity index (χ4v) is 2.47. The molecular weight excluding hydrogens is 301 g/mol. The quantitative estimate of drug-likeness (QED) is 0.876. The summed E-state index contributed by atoms with van der Waals surface area (Å²) in [6.07, 6.45) is -2.06. The van der Waals surface area contributed by atoms with Crippen LogP contribution >= 0.6 is 11.3 Å². The van der Waals surface area contributed by atoms with Crippen molar-refractivity contribution >= 4 is 11.3 Å². The molecule has 1 atom stereocenters. The highest BCUT2D eigenvalue weighted by atomic mass is 32.1. The van der Waals surface area contributed by atoms with Crippen molar-refractivity contribution in [2.24, 2.45) is 0 Å². The highest BCUT2D eigenvalue weighted by molar-refractivity contribution is 7.09. The molecule has 1 heterocycles. The first-order valence-corrected chi connectivity index (χ1v) is 7.29. The number of nitrogens with zero attached hydrogens (tertiary/aromatic N) is 1. The predicted molar refractivity (Wildman–Crippen MR) is 75.4 cm³/mol. The third-order valence-electron chi connectivity index (χ3n) is 2.89. The Morgan fingerprint density at radius 2 is 2.00 bits per heavy atom. The Morgan fingerprint density at radius 1 is 1.29 bits per heavy atom. The average Bonchev–Trinajstić information content (AvgIpc) is 2.91. The number of thiazole rings is 1. The lowest BCUT2D eigenvalue weighted by Gasteiger charge is -2.15. The van der Waals surface area contributed by atoms with Gasteiger partial charge in [0.2, 0.25) is 0 Å². The van der Waals surface area contributed by atoms with E-state index in [4.69, 9.17) is 0 Å². The van der Waals surface area contributed by atoms with E-state index >= 15 is 0 Å². The SMILES string of the molecule is CC(NCCc1nccs1)c1ccc(OC(F)(F)F)cc1. The third-order valence-corrected chi connectivity index (χ3v) is 3.73. The summed E-state index contributed by atoms with van der Waals surface area (Å²) in [6, 6.07) is 5.94.